The molecule has 0 fully saturated rings. The van der Waals surface area contributed by atoms with Crippen molar-refractivity contribution in [1.82, 2.24) is 31.9 Å². The summed E-state index contributed by atoms with van der Waals surface area (Å²) in [5.74, 6) is -5.65. The van der Waals surface area contributed by atoms with Crippen molar-refractivity contribution in [1.29, 1.82) is 0 Å². The smallest absolute Gasteiger partial charge is 0.404 e. The fourth-order valence-electron chi connectivity index (χ4n) is 6.55. The Bertz CT molecular complexity index is 1880. The zero-order valence-electron chi connectivity index (χ0n) is 36.8. The molecule has 0 aliphatic rings. The highest BCUT2D eigenvalue weighted by Crippen LogP contribution is 2.37. The molecular weight excluding hydrogens is 853 g/mol. The first-order valence-electron chi connectivity index (χ1n) is 21.2. The summed E-state index contributed by atoms with van der Waals surface area (Å²) in [6.07, 6.45) is 0.472. The van der Waals surface area contributed by atoms with E-state index in [1.807, 2.05) is 0 Å². The van der Waals surface area contributed by atoms with Crippen LogP contribution in [-0.4, -0.2) is 112 Å². The Labute approximate surface area is 373 Å². The molecule has 0 unspecified atom stereocenters. The van der Waals surface area contributed by atoms with Gasteiger partial charge in [-0.2, -0.15) is 0 Å². The summed E-state index contributed by atoms with van der Waals surface area (Å²) in [6, 6.07) is 6.62. The van der Waals surface area contributed by atoms with Gasteiger partial charge in [0.1, 0.15) is 42.0 Å². The molecule has 7 amide bonds. The van der Waals surface area contributed by atoms with E-state index in [0.717, 1.165) is 5.56 Å². The summed E-state index contributed by atoms with van der Waals surface area (Å²) in [5, 5.41) is 26.3. The average molecular weight is 920 g/mol. The van der Waals surface area contributed by atoms with Crippen LogP contribution in [0.25, 0.3) is 0 Å². The van der Waals surface area contributed by atoms with Crippen molar-refractivity contribution in [2.24, 2.45) is 23.1 Å². The van der Waals surface area contributed by atoms with Crippen LogP contribution in [0.1, 0.15) is 83.8 Å². The van der Waals surface area contributed by atoms with Crippen molar-refractivity contribution >= 4 is 49.2 Å². The number of nitrogens with one attached hydrogen (secondary N) is 6. The van der Waals surface area contributed by atoms with E-state index in [4.69, 9.17) is 27.0 Å². The van der Waals surface area contributed by atoms with E-state index < -0.39 is 91.5 Å². The number of phosphoric ester groups is 1. The summed E-state index contributed by atoms with van der Waals surface area (Å²) in [5.41, 5.74) is 18.2. The van der Waals surface area contributed by atoms with Crippen LogP contribution in [0.2, 0.25) is 0 Å². The van der Waals surface area contributed by atoms with Gasteiger partial charge in [0.2, 0.25) is 41.4 Å². The minimum atomic E-state index is -4.82. The number of hydrogen-bond acceptors (Lipinski definition) is 12. The fraction of sp³-hybridized carbons (Fsp3) is 0.548. The Balaban J connectivity index is 2.31. The Morgan fingerprint density at radius 2 is 1.06 bits per heavy atom. The van der Waals surface area contributed by atoms with Crippen LogP contribution in [0, 0.1) is 5.92 Å². The number of aliphatic hydroxyl groups is 1. The Hall–Kier alpha value is -5.44. The van der Waals surface area contributed by atoms with E-state index in [1.165, 1.54) is 38.1 Å². The van der Waals surface area contributed by atoms with Crippen LogP contribution < -0.4 is 53.6 Å². The number of rotatable bonds is 29. The third-order valence-electron chi connectivity index (χ3n) is 9.79. The number of nitrogens with two attached hydrogens (primary N) is 3. The first-order valence-corrected chi connectivity index (χ1v) is 22.7. The van der Waals surface area contributed by atoms with E-state index >= 15 is 0 Å². The number of hydrogen-bond donors (Lipinski definition) is 12. The van der Waals surface area contributed by atoms with Gasteiger partial charge in [-0.25, -0.2) is 4.57 Å². The minimum Gasteiger partial charge on any atom is -0.404 e. The lowest BCUT2D eigenvalue weighted by molar-refractivity contribution is -0.137. The normalized spacial score (nSPS) is 14.7. The highest BCUT2D eigenvalue weighted by Gasteiger charge is 2.35. The molecule has 0 saturated carbocycles. The maximum atomic E-state index is 14.0. The molecule has 22 heteroatoms. The third-order valence-corrected chi connectivity index (χ3v) is 10.2. The maximum absolute atomic E-state index is 14.0. The fourth-order valence-corrected chi connectivity index (χ4v) is 6.95. The lowest BCUT2D eigenvalue weighted by Gasteiger charge is -2.29. The van der Waals surface area contributed by atoms with Crippen LogP contribution in [0.5, 0.6) is 5.75 Å². The Kier molecular flexibility index (Phi) is 23.7. The number of unbranched alkanes of at least 4 members (excludes halogenated alkanes) is 2. The van der Waals surface area contributed by atoms with Crippen LogP contribution in [0.3, 0.4) is 0 Å². The van der Waals surface area contributed by atoms with Crippen molar-refractivity contribution in [2.75, 3.05) is 13.1 Å². The molecule has 0 aromatic heterocycles. The summed E-state index contributed by atoms with van der Waals surface area (Å²) >= 11 is 0. The average Bonchev–Trinajstić information content (AvgIpc) is 3.21. The molecule has 0 spiro atoms. The second-order valence-corrected chi connectivity index (χ2v) is 17.1. The summed E-state index contributed by atoms with van der Waals surface area (Å²) in [7, 11) is -4.82. The molecule has 0 heterocycles. The zero-order valence-corrected chi connectivity index (χ0v) is 37.7. The number of carbonyl (C=O) groups excluding carboxylic acids is 7. The van der Waals surface area contributed by atoms with Gasteiger partial charge in [-0.3, -0.25) is 43.3 Å². The van der Waals surface area contributed by atoms with E-state index in [9.17, 15) is 43.2 Å². The first-order chi connectivity index (χ1) is 30.1. The quantitative estimate of drug-likeness (QED) is 0.0346. The van der Waals surface area contributed by atoms with Crippen molar-refractivity contribution < 1.29 is 57.5 Å². The van der Waals surface area contributed by atoms with Gasteiger partial charge in [0.05, 0.1) is 6.10 Å². The number of carbonyl (C=O) groups is 7. The molecule has 356 valence electrons. The van der Waals surface area contributed by atoms with E-state index in [-0.39, 0.29) is 50.3 Å². The van der Waals surface area contributed by atoms with Crippen LogP contribution in [0.4, 0.5) is 0 Å². The van der Waals surface area contributed by atoms with Gasteiger partial charge in [0.15, 0.2) is 0 Å². The van der Waals surface area contributed by atoms with Crippen LogP contribution in [0.15, 0.2) is 54.6 Å². The number of primary amides is 1. The van der Waals surface area contributed by atoms with E-state index in [2.05, 4.69) is 36.4 Å². The molecule has 2 aromatic carbocycles. The number of benzene rings is 2. The molecule has 15 N–H and O–H groups in total. The molecule has 0 aliphatic carbocycles. The maximum Gasteiger partial charge on any atom is 0.524 e. The van der Waals surface area contributed by atoms with Crippen molar-refractivity contribution in [3.8, 4) is 5.75 Å². The predicted octanol–water partition coefficient (Wildman–Crippen LogP) is -0.958. The molecule has 7 atom stereocenters. The molecule has 0 radical (unpaired) electrons. The molecule has 21 nitrogen and oxygen atoms in total. The molecule has 2 rings (SSSR count). The Morgan fingerprint density at radius 3 is 1.55 bits per heavy atom. The topological polar surface area (TPSA) is 357 Å². The monoisotopic (exact) mass is 919 g/mol. The number of phosphoric acid groups is 1. The standard InChI is InChI=1S/C42H66N9O12P/c1-25(2)22-34(50-41(58)35(46-27(4)53)24-29-16-18-30(19-17-29)63-64(60,61)62)40(57)47-32(15-9-11-21-44)39(56)51-36(26(3)52)42(59)48-31(14-8-10-20-43)38(55)49-33(37(45)54)23-28-12-6-5-7-13-28/h5-7,12-13,16-19,25-26,31-36,52H,8-11,14-15,20-24,43-44H2,1-4H3,(H2,45,54)(H,46,53)(H,47,57)(H,48,59)(H,49,55)(H,50,58)(H,51,56)(H2,60,61,62)/t26-,31+,32+,33+,34+,35+,36+/m1/s1. The van der Waals surface area contributed by atoms with Gasteiger partial charge in [0.25, 0.3) is 0 Å². The zero-order chi connectivity index (χ0) is 48.0. The van der Waals surface area contributed by atoms with E-state index in [1.54, 1.807) is 44.2 Å². The molecule has 64 heavy (non-hydrogen) atoms. The summed E-state index contributed by atoms with van der Waals surface area (Å²) in [6.45, 7) is 6.63. The van der Waals surface area contributed by atoms with E-state index in [0.29, 0.717) is 37.8 Å². The second-order valence-electron chi connectivity index (χ2n) is 15.9. The third kappa shape index (κ3) is 20.8. The van der Waals surface area contributed by atoms with Gasteiger partial charge in [0, 0.05) is 19.8 Å². The lowest BCUT2D eigenvalue weighted by atomic mass is 10.00. The molecule has 0 aliphatic heterocycles. The SMILES string of the molecule is CC(=O)N[C@@H](Cc1ccc(OP(=O)(O)O)cc1)C(=O)N[C@@H](CC(C)C)C(=O)N[C@@H](CCCCN)C(=O)N[C@H](C(=O)N[C@@H](CCCCN)C(=O)N[C@@H](Cc1ccccc1)C(N)=O)[C@@H](C)O. The van der Waals surface area contributed by atoms with Crippen LogP contribution in [-0.2, 0) is 51.0 Å². The van der Waals surface area contributed by atoms with Crippen molar-refractivity contribution in [2.45, 2.75) is 128 Å². The van der Waals surface area contributed by atoms with Gasteiger partial charge >= 0.3 is 7.82 Å². The highest BCUT2D eigenvalue weighted by atomic mass is 31.2. The first kappa shape index (κ1) is 54.7. The van der Waals surface area contributed by atoms with Gasteiger partial charge in [-0.1, -0.05) is 56.3 Å². The minimum absolute atomic E-state index is 0.0432. The molecule has 2 aromatic rings. The van der Waals surface area contributed by atoms with Gasteiger partial charge < -0.3 is 58.7 Å². The lowest BCUT2D eigenvalue weighted by Crippen LogP contribution is -2.61. The van der Waals surface area contributed by atoms with Crippen molar-refractivity contribution in [3.05, 3.63) is 65.7 Å². The van der Waals surface area contributed by atoms with Gasteiger partial charge in [-0.15, -0.1) is 0 Å². The Morgan fingerprint density at radius 1 is 0.609 bits per heavy atom. The number of aliphatic hydroxyl groups excluding tert-OH is 1. The number of amides is 7. The largest absolute Gasteiger partial charge is 0.524 e. The molecular formula is C42H66N9O12P. The van der Waals surface area contributed by atoms with Crippen molar-refractivity contribution in [3.63, 3.8) is 0 Å². The highest BCUT2D eigenvalue weighted by molar-refractivity contribution is 7.46. The van der Waals surface area contributed by atoms with Crippen LogP contribution >= 0.6 is 7.82 Å². The summed E-state index contributed by atoms with van der Waals surface area (Å²) in [4.78, 5) is 112. The predicted molar refractivity (Wildman–Crippen MR) is 236 cm³/mol. The molecule has 0 bridgehead atoms. The molecule has 0 saturated heterocycles. The van der Waals surface area contributed by atoms with Gasteiger partial charge in [-0.05, 0) is 94.1 Å². The second kappa shape index (κ2) is 27.7. The summed E-state index contributed by atoms with van der Waals surface area (Å²) < 4.78 is 15.8.